The lowest BCUT2D eigenvalue weighted by molar-refractivity contribution is -0.119. The largest absolute Gasteiger partial charge is 0.495 e. The quantitative estimate of drug-likeness (QED) is 0.800. The van der Waals surface area contributed by atoms with Crippen LogP contribution in [0, 0.1) is 11.3 Å². The van der Waals surface area contributed by atoms with Gasteiger partial charge in [0.25, 0.3) is 0 Å². The Balaban J connectivity index is 2.44. The zero-order valence-corrected chi connectivity index (χ0v) is 16.8. The van der Waals surface area contributed by atoms with E-state index in [1.165, 1.54) is 34.3 Å². The van der Waals surface area contributed by atoms with Crippen LogP contribution in [-0.4, -0.2) is 27.2 Å². The Kier molecular flexibility index (Phi) is 5.74. The average molecular weight is 395 g/mol. The smallest absolute Gasteiger partial charge is 0.220 e. The Morgan fingerprint density at radius 3 is 2.45 bits per heavy atom. The van der Waals surface area contributed by atoms with Gasteiger partial charge in [-0.1, -0.05) is 6.07 Å². The maximum atomic E-state index is 12.6. The fourth-order valence-electron chi connectivity index (χ4n) is 3.81. The topological polar surface area (TPSA) is 97.7 Å². The van der Waals surface area contributed by atoms with Crippen LogP contribution in [0.2, 0.25) is 0 Å². The normalized spacial score (nSPS) is 14.5. The molecule has 1 aliphatic rings. The fourth-order valence-corrected chi connectivity index (χ4v) is 3.81. The van der Waals surface area contributed by atoms with Gasteiger partial charge >= 0.3 is 0 Å². The third kappa shape index (κ3) is 3.61. The molecule has 2 aromatic rings. The SMILES string of the molecule is COc1cc2c(c(OC)c1[13C]#N)-c1ccc(OC)c(=O)cc1[C@@H](NC(C)=O)CC2. The van der Waals surface area contributed by atoms with Gasteiger partial charge in [-0.25, -0.2) is 0 Å². The number of carbonyl (C=O) groups is 1. The summed E-state index contributed by atoms with van der Waals surface area (Å²) in [5.41, 5.74) is 2.96. The summed E-state index contributed by atoms with van der Waals surface area (Å²) in [6, 6.07) is 8.44. The molecule has 7 heteroatoms. The highest BCUT2D eigenvalue weighted by Crippen LogP contribution is 2.46. The Hall–Kier alpha value is -3.53. The van der Waals surface area contributed by atoms with Crippen molar-refractivity contribution in [2.45, 2.75) is 25.8 Å². The first-order chi connectivity index (χ1) is 13.9. The molecule has 0 bridgehead atoms. The van der Waals surface area contributed by atoms with Gasteiger partial charge in [-0.05, 0) is 47.7 Å². The summed E-state index contributed by atoms with van der Waals surface area (Å²) in [6.07, 6.45) is 1.17. The van der Waals surface area contributed by atoms with E-state index in [-0.39, 0.29) is 28.7 Å². The van der Waals surface area contributed by atoms with Crippen molar-refractivity contribution in [1.29, 1.82) is 5.26 Å². The minimum atomic E-state index is -0.374. The number of hydrogen-bond acceptors (Lipinski definition) is 6. The maximum Gasteiger partial charge on any atom is 0.220 e. The van der Waals surface area contributed by atoms with Crippen molar-refractivity contribution in [1.82, 2.24) is 5.32 Å². The lowest BCUT2D eigenvalue weighted by Gasteiger charge is -2.18. The second-order valence-electron chi connectivity index (χ2n) is 6.70. The summed E-state index contributed by atoms with van der Waals surface area (Å²) in [7, 11) is 4.43. The molecule has 0 radical (unpaired) electrons. The predicted molar refractivity (Wildman–Crippen MR) is 107 cm³/mol. The molecule has 2 aromatic carbocycles. The molecule has 1 amide bonds. The van der Waals surface area contributed by atoms with E-state index in [9.17, 15) is 14.9 Å². The number of fused-ring (bicyclic) bond motifs is 3. The monoisotopic (exact) mass is 395 g/mol. The van der Waals surface area contributed by atoms with Crippen molar-refractivity contribution < 1.29 is 19.0 Å². The van der Waals surface area contributed by atoms with Gasteiger partial charge in [-0.2, -0.15) is 5.26 Å². The molecule has 0 aromatic heterocycles. The molecule has 0 aliphatic heterocycles. The Bertz CT molecular complexity index is 1070. The number of carbonyl (C=O) groups excluding carboxylic acids is 1. The van der Waals surface area contributed by atoms with E-state index >= 15 is 0 Å². The van der Waals surface area contributed by atoms with E-state index in [4.69, 9.17) is 14.2 Å². The van der Waals surface area contributed by atoms with Crippen molar-refractivity contribution in [3.05, 3.63) is 51.2 Å². The first-order valence-corrected chi connectivity index (χ1v) is 9.12. The van der Waals surface area contributed by atoms with Gasteiger partial charge in [0.05, 0.1) is 27.4 Å². The number of nitrogens with one attached hydrogen (secondary N) is 1. The summed E-state index contributed by atoms with van der Waals surface area (Å²) in [5.74, 6) is 0.795. The highest BCUT2D eigenvalue weighted by molar-refractivity contribution is 5.83. The molecule has 0 spiro atoms. The van der Waals surface area contributed by atoms with Crippen LogP contribution in [0.15, 0.2) is 29.1 Å². The molecule has 1 aliphatic carbocycles. The van der Waals surface area contributed by atoms with Crippen LogP contribution in [0.1, 0.15) is 36.1 Å². The number of hydrogen-bond donors (Lipinski definition) is 1. The maximum absolute atomic E-state index is 12.6. The molecule has 0 fully saturated rings. The van der Waals surface area contributed by atoms with Crippen molar-refractivity contribution >= 4 is 5.91 Å². The third-order valence-corrected chi connectivity index (χ3v) is 5.05. The summed E-state index contributed by atoms with van der Waals surface area (Å²) in [6.45, 7) is 1.44. The van der Waals surface area contributed by atoms with Gasteiger partial charge in [0.2, 0.25) is 11.3 Å². The van der Waals surface area contributed by atoms with E-state index in [0.29, 0.717) is 41.0 Å². The van der Waals surface area contributed by atoms with Gasteiger partial charge in [0.15, 0.2) is 5.75 Å². The number of benzene rings is 1. The van der Waals surface area contributed by atoms with E-state index in [1.807, 2.05) is 6.07 Å². The number of amides is 1. The van der Waals surface area contributed by atoms with Crippen LogP contribution in [0.4, 0.5) is 0 Å². The van der Waals surface area contributed by atoms with Crippen LogP contribution >= 0.6 is 0 Å². The number of nitriles is 1. The standard InChI is InChI=1S/C22H22N2O5/c1-12(25)24-17-7-5-13-9-20(28-3)16(11-23)22(29-4)21(13)14-6-8-19(27-2)18(26)10-15(14)17/h6,8-10,17H,5,7H2,1-4H3,(H,24,25)/t17-/m0/s1/i11+1. The van der Waals surface area contributed by atoms with E-state index in [0.717, 1.165) is 5.56 Å². The first-order valence-electron chi connectivity index (χ1n) is 9.12. The molecule has 3 rings (SSSR count). The second kappa shape index (κ2) is 8.23. The first kappa shape index (κ1) is 20.2. The number of aryl methyl sites for hydroxylation is 1. The molecule has 0 saturated heterocycles. The van der Waals surface area contributed by atoms with Crippen molar-refractivity contribution in [2.75, 3.05) is 21.3 Å². The zero-order valence-electron chi connectivity index (χ0n) is 16.8. The van der Waals surface area contributed by atoms with Crippen molar-refractivity contribution in [2.24, 2.45) is 0 Å². The van der Waals surface area contributed by atoms with Crippen LogP contribution in [0.3, 0.4) is 0 Å². The van der Waals surface area contributed by atoms with Gasteiger partial charge in [0, 0.05) is 12.5 Å². The summed E-state index contributed by atoms with van der Waals surface area (Å²) in [5, 5.41) is 12.6. The van der Waals surface area contributed by atoms with Gasteiger partial charge in [0.1, 0.15) is 23.1 Å². The van der Waals surface area contributed by atoms with E-state index < -0.39 is 0 Å². The van der Waals surface area contributed by atoms with Gasteiger partial charge in [-0.15, -0.1) is 0 Å². The zero-order chi connectivity index (χ0) is 21.1. The third-order valence-electron chi connectivity index (χ3n) is 5.05. The summed E-state index contributed by atoms with van der Waals surface area (Å²) < 4.78 is 16.2. The number of ether oxygens (including phenoxy) is 3. The van der Waals surface area contributed by atoms with E-state index in [2.05, 4.69) is 11.4 Å². The lowest BCUT2D eigenvalue weighted by atomic mass is 9.95. The highest BCUT2D eigenvalue weighted by atomic mass is 16.5. The van der Waals surface area contributed by atoms with E-state index in [1.54, 1.807) is 12.1 Å². The molecule has 150 valence electrons. The number of nitrogens with zero attached hydrogens (tertiary/aromatic N) is 1. The van der Waals surface area contributed by atoms with Crippen LogP contribution in [0.25, 0.3) is 11.1 Å². The van der Waals surface area contributed by atoms with Gasteiger partial charge in [-0.3, -0.25) is 9.59 Å². The Morgan fingerprint density at radius 2 is 1.86 bits per heavy atom. The van der Waals surface area contributed by atoms with Crippen LogP contribution in [-0.2, 0) is 11.2 Å². The molecule has 0 saturated carbocycles. The predicted octanol–water partition coefficient (Wildman–Crippen LogP) is 2.73. The lowest BCUT2D eigenvalue weighted by Crippen LogP contribution is -2.26. The molecule has 0 unspecified atom stereocenters. The molecular formula is C22H22N2O5. The highest BCUT2D eigenvalue weighted by Gasteiger charge is 2.29. The molecule has 1 atom stereocenters. The number of methoxy groups -OCH3 is 3. The molecule has 7 nitrogen and oxygen atoms in total. The minimum absolute atomic E-state index is 0.189. The Labute approximate surface area is 168 Å². The van der Waals surface area contributed by atoms with Crippen molar-refractivity contribution in [3.8, 4) is 34.4 Å². The fraction of sp³-hybridized carbons (Fsp3) is 0.318. The molecule has 29 heavy (non-hydrogen) atoms. The Morgan fingerprint density at radius 1 is 1.14 bits per heavy atom. The second-order valence-corrected chi connectivity index (χ2v) is 6.70. The minimum Gasteiger partial charge on any atom is -0.495 e. The summed E-state index contributed by atoms with van der Waals surface area (Å²) >= 11 is 0. The number of rotatable bonds is 4. The average Bonchev–Trinajstić information content (AvgIpc) is 2.95. The summed E-state index contributed by atoms with van der Waals surface area (Å²) in [4.78, 5) is 24.4. The van der Waals surface area contributed by atoms with Crippen LogP contribution in [0.5, 0.6) is 17.2 Å². The molecule has 0 heterocycles. The molecular weight excluding hydrogens is 373 g/mol. The molecule has 1 N–H and O–H groups in total. The van der Waals surface area contributed by atoms with Crippen molar-refractivity contribution in [3.63, 3.8) is 0 Å². The van der Waals surface area contributed by atoms with Crippen LogP contribution < -0.4 is 25.0 Å². The van der Waals surface area contributed by atoms with Gasteiger partial charge < -0.3 is 19.5 Å².